The van der Waals surface area contributed by atoms with Crippen LogP contribution in [0.5, 0.6) is 5.75 Å². The molecule has 84 valence electrons. The number of H-pyrrole nitrogens is 1. The monoisotopic (exact) mass is 220 g/mol. The van der Waals surface area contributed by atoms with Gasteiger partial charge in [0.25, 0.3) is 0 Å². The summed E-state index contributed by atoms with van der Waals surface area (Å²) in [6.07, 6.45) is 4.67. The maximum absolute atomic E-state index is 12.1. The molecule has 0 aliphatic rings. The lowest BCUT2D eigenvalue weighted by Gasteiger charge is -2.04. The Hall–Kier alpha value is -2.11. The predicted molar refractivity (Wildman–Crippen MR) is 56.5 cm³/mol. The molecule has 0 aliphatic heterocycles. The highest BCUT2D eigenvalue weighted by Gasteiger charge is 2.21. The van der Waals surface area contributed by atoms with Crippen molar-refractivity contribution in [2.24, 2.45) is 0 Å². The third kappa shape index (κ3) is 1.58. The molecule has 0 saturated heterocycles. The summed E-state index contributed by atoms with van der Waals surface area (Å²) in [4.78, 5) is 18.8. The second-order valence-electron chi connectivity index (χ2n) is 3.14. The van der Waals surface area contributed by atoms with Gasteiger partial charge in [-0.05, 0) is 6.92 Å². The lowest BCUT2D eigenvalue weighted by Crippen LogP contribution is -2.13. The number of methoxy groups -OCH3 is 1. The Bertz CT molecular complexity index is 465. The highest BCUT2D eigenvalue weighted by Crippen LogP contribution is 2.19. The number of hydrogen-bond acceptors (Lipinski definition) is 4. The Morgan fingerprint density at radius 2 is 2.44 bits per heavy atom. The maximum atomic E-state index is 12.1. The van der Waals surface area contributed by atoms with E-state index in [0.717, 1.165) is 0 Å². The SMILES string of the molecule is CCn1ncc(OC)c1C(=O)c1ncc[nH]1. The predicted octanol–water partition coefficient (Wildman–Crippen LogP) is 0.866. The lowest BCUT2D eigenvalue weighted by molar-refractivity contribution is 0.101. The number of aromatic nitrogens is 4. The van der Waals surface area contributed by atoms with E-state index in [1.807, 2.05) is 6.92 Å². The first-order valence-electron chi connectivity index (χ1n) is 4.91. The van der Waals surface area contributed by atoms with Crippen molar-refractivity contribution in [2.75, 3.05) is 7.11 Å². The van der Waals surface area contributed by atoms with Crippen LogP contribution in [-0.4, -0.2) is 32.6 Å². The van der Waals surface area contributed by atoms with E-state index in [4.69, 9.17) is 4.74 Å². The van der Waals surface area contributed by atoms with Crippen molar-refractivity contribution in [2.45, 2.75) is 13.5 Å². The van der Waals surface area contributed by atoms with Crippen molar-refractivity contribution < 1.29 is 9.53 Å². The molecular formula is C10H12N4O2. The van der Waals surface area contributed by atoms with Gasteiger partial charge in [0, 0.05) is 18.9 Å². The Morgan fingerprint density at radius 3 is 3.00 bits per heavy atom. The van der Waals surface area contributed by atoms with E-state index in [9.17, 15) is 4.79 Å². The van der Waals surface area contributed by atoms with Crippen LogP contribution in [0.3, 0.4) is 0 Å². The molecule has 0 aromatic carbocycles. The summed E-state index contributed by atoms with van der Waals surface area (Å²) in [5.74, 6) is 0.526. The average molecular weight is 220 g/mol. The van der Waals surface area contributed by atoms with Crippen molar-refractivity contribution in [3.63, 3.8) is 0 Å². The van der Waals surface area contributed by atoms with Gasteiger partial charge in [-0.15, -0.1) is 0 Å². The highest BCUT2D eigenvalue weighted by atomic mass is 16.5. The summed E-state index contributed by atoms with van der Waals surface area (Å²) in [7, 11) is 1.51. The number of ketones is 1. The molecule has 0 spiro atoms. The van der Waals surface area contributed by atoms with Gasteiger partial charge in [0.2, 0.25) is 5.78 Å². The van der Waals surface area contributed by atoms with E-state index < -0.39 is 0 Å². The molecule has 0 atom stereocenters. The van der Waals surface area contributed by atoms with Crippen molar-refractivity contribution in [3.8, 4) is 5.75 Å². The van der Waals surface area contributed by atoms with Crippen LogP contribution in [-0.2, 0) is 6.54 Å². The molecular weight excluding hydrogens is 208 g/mol. The summed E-state index contributed by atoms with van der Waals surface area (Å²) < 4.78 is 6.69. The van der Waals surface area contributed by atoms with E-state index in [0.29, 0.717) is 18.0 Å². The Labute approximate surface area is 92.3 Å². The van der Waals surface area contributed by atoms with Gasteiger partial charge in [-0.25, -0.2) is 4.98 Å². The number of carbonyl (C=O) groups is 1. The number of hydrogen-bond donors (Lipinski definition) is 1. The first-order valence-corrected chi connectivity index (χ1v) is 4.91. The fourth-order valence-electron chi connectivity index (χ4n) is 1.49. The van der Waals surface area contributed by atoms with E-state index in [-0.39, 0.29) is 11.6 Å². The van der Waals surface area contributed by atoms with Crippen LogP contribution < -0.4 is 4.74 Å². The molecule has 1 N–H and O–H groups in total. The molecule has 0 unspecified atom stereocenters. The Balaban J connectivity index is 2.46. The van der Waals surface area contributed by atoms with Crippen molar-refractivity contribution in [3.05, 3.63) is 30.1 Å². The summed E-state index contributed by atoms with van der Waals surface area (Å²) in [5.41, 5.74) is 0.417. The van der Waals surface area contributed by atoms with E-state index in [2.05, 4.69) is 15.1 Å². The summed E-state index contributed by atoms with van der Waals surface area (Å²) >= 11 is 0. The number of aryl methyl sites for hydroxylation is 1. The number of nitrogens with zero attached hydrogens (tertiary/aromatic N) is 3. The average Bonchev–Trinajstić information content (AvgIpc) is 2.96. The normalized spacial score (nSPS) is 10.4. The molecule has 2 aromatic rings. The van der Waals surface area contributed by atoms with E-state index >= 15 is 0 Å². The smallest absolute Gasteiger partial charge is 0.250 e. The van der Waals surface area contributed by atoms with E-state index in [1.165, 1.54) is 19.5 Å². The second kappa shape index (κ2) is 4.18. The molecule has 6 heteroatoms. The largest absolute Gasteiger partial charge is 0.493 e. The number of ether oxygens (including phenoxy) is 1. The first kappa shape index (κ1) is 10.4. The molecule has 16 heavy (non-hydrogen) atoms. The molecule has 0 bridgehead atoms. The van der Waals surface area contributed by atoms with Gasteiger partial charge in [-0.1, -0.05) is 0 Å². The van der Waals surface area contributed by atoms with Crippen LogP contribution in [0.25, 0.3) is 0 Å². The minimum absolute atomic E-state index is 0.221. The van der Waals surface area contributed by atoms with Crippen LogP contribution in [0.1, 0.15) is 23.2 Å². The van der Waals surface area contributed by atoms with Crippen LogP contribution >= 0.6 is 0 Å². The number of aromatic amines is 1. The molecule has 0 fully saturated rings. The van der Waals surface area contributed by atoms with Gasteiger partial charge in [0.05, 0.1) is 13.3 Å². The van der Waals surface area contributed by atoms with E-state index in [1.54, 1.807) is 10.9 Å². The highest BCUT2D eigenvalue weighted by molar-refractivity contribution is 6.07. The summed E-state index contributed by atoms with van der Waals surface area (Å²) in [6, 6.07) is 0. The molecule has 0 amide bonds. The molecule has 0 aliphatic carbocycles. The van der Waals surface area contributed by atoms with Gasteiger partial charge in [-0.2, -0.15) is 5.10 Å². The maximum Gasteiger partial charge on any atom is 0.250 e. The topological polar surface area (TPSA) is 72.8 Å². The van der Waals surface area contributed by atoms with Crippen LogP contribution in [0, 0.1) is 0 Å². The number of carbonyl (C=O) groups excluding carboxylic acids is 1. The summed E-state index contributed by atoms with van der Waals surface area (Å²) in [5, 5.41) is 4.07. The van der Waals surface area contributed by atoms with Crippen LogP contribution in [0.4, 0.5) is 0 Å². The fourth-order valence-corrected chi connectivity index (χ4v) is 1.49. The van der Waals surface area contributed by atoms with Crippen LogP contribution in [0.15, 0.2) is 18.6 Å². The quantitative estimate of drug-likeness (QED) is 0.776. The molecule has 2 heterocycles. The second-order valence-corrected chi connectivity index (χ2v) is 3.14. The fraction of sp³-hybridized carbons (Fsp3) is 0.300. The molecule has 2 rings (SSSR count). The lowest BCUT2D eigenvalue weighted by atomic mass is 10.2. The van der Waals surface area contributed by atoms with Crippen molar-refractivity contribution >= 4 is 5.78 Å². The number of imidazole rings is 1. The molecule has 0 saturated carbocycles. The first-order chi connectivity index (χ1) is 7.77. The Morgan fingerprint density at radius 1 is 1.62 bits per heavy atom. The molecule has 0 radical (unpaired) electrons. The minimum Gasteiger partial charge on any atom is -0.493 e. The molecule has 2 aromatic heterocycles. The standard InChI is InChI=1S/C10H12N4O2/c1-3-14-8(7(16-2)6-13-14)9(15)10-11-4-5-12-10/h4-6H,3H2,1-2H3,(H,11,12). The molecule has 6 nitrogen and oxygen atoms in total. The zero-order chi connectivity index (χ0) is 11.5. The number of nitrogens with one attached hydrogen (secondary N) is 1. The third-order valence-electron chi connectivity index (χ3n) is 2.25. The van der Waals surface area contributed by atoms with Gasteiger partial charge in [0.15, 0.2) is 17.3 Å². The van der Waals surface area contributed by atoms with Gasteiger partial charge in [0.1, 0.15) is 0 Å². The van der Waals surface area contributed by atoms with Gasteiger partial charge >= 0.3 is 0 Å². The third-order valence-corrected chi connectivity index (χ3v) is 2.25. The zero-order valence-electron chi connectivity index (χ0n) is 9.10. The zero-order valence-corrected chi connectivity index (χ0v) is 9.10. The summed E-state index contributed by atoms with van der Waals surface area (Å²) in [6.45, 7) is 2.51. The van der Waals surface area contributed by atoms with Gasteiger partial charge < -0.3 is 9.72 Å². The number of rotatable bonds is 4. The van der Waals surface area contributed by atoms with Crippen molar-refractivity contribution in [1.82, 2.24) is 19.7 Å². The van der Waals surface area contributed by atoms with Crippen LogP contribution in [0.2, 0.25) is 0 Å². The Kier molecular flexibility index (Phi) is 2.72. The van der Waals surface area contributed by atoms with Gasteiger partial charge in [-0.3, -0.25) is 9.48 Å². The minimum atomic E-state index is -0.221. The van der Waals surface area contributed by atoms with Crippen molar-refractivity contribution in [1.29, 1.82) is 0 Å².